The average molecular weight is 855 g/mol. The SMILES string of the molecule is CC\C=C/C=C\C=C/C=C\CCCCCCCC(=O)OC(COC(=O)CCCCC/C=C\C=C/CCCC)COC(=O)CCCCCCC\C=C/C=C\C=C/C=C\C=C/CCC. The van der Waals surface area contributed by atoms with Gasteiger partial charge in [-0.2, -0.15) is 0 Å². The Morgan fingerprint density at radius 3 is 1.08 bits per heavy atom. The molecule has 1 atom stereocenters. The molecule has 0 aliphatic rings. The van der Waals surface area contributed by atoms with Crippen LogP contribution in [0.25, 0.3) is 0 Å². The van der Waals surface area contributed by atoms with E-state index in [1.807, 2.05) is 60.8 Å². The van der Waals surface area contributed by atoms with Gasteiger partial charge in [-0.1, -0.05) is 219 Å². The molecule has 0 amide bonds. The third-order valence-corrected chi connectivity index (χ3v) is 9.59. The average Bonchev–Trinajstić information content (AvgIpc) is 3.27. The Bertz CT molecular complexity index is 1400. The van der Waals surface area contributed by atoms with Crippen molar-refractivity contribution in [1.82, 2.24) is 0 Å². The molecule has 0 aliphatic heterocycles. The largest absolute Gasteiger partial charge is 0.462 e. The van der Waals surface area contributed by atoms with E-state index in [0.717, 1.165) is 122 Å². The summed E-state index contributed by atoms with van der Waals surface area (Å²) in [4.78, 5) is 37.9. The minimum atomic E-state index is -0.816. The molecule has 6 heteroatoms. The Hall–Kier alpha value is -4.45. The molecule has 0 aliphatic carbocycles. The molecule has 0 heterocycles. The van der Waals surface area contributed by atoms with Crippen molar-refractivity contribution in [2.24, 2.45) is 0 Å². The van der Waals surface area contributed by atoms with Gasteiger partial charge in [-0.05, 0) is 77.0 Å². The summed E-state index contributed by atoms with van der Waals surface area (Å²) in [6, 6.07) is 0. The summed E-state index contributed by atoms with van der Waals surface area (Å²) in [6.07, 6.45) is 68.5. The molecule has 0 aromatic rings. The lowest BCUT2D eigenvalue weighted by Gasteiger charge is -2.18. The fourth-order valence-electron chi connectivity index (χ4n) is 5.93. The monoisotopic (exact) mass is 855 g/mol. The van der Waals surface area contributed by atoms with Crippen molar-refractivity contribution in [2.45, 2.75) is 187 Å². The number of rotatable bonds is 41. The predicted octanol–water partition coefficient (Wildman–Crippen LogP) is 15.9. The zero-order valence-corrected chi connectivity index (χ0v) is 39.3. The number of unbranched alkanes of at least 4 members (excludes halogenated alkanes) is 16. The number of carbonyl (C=O) groups excluding carboxylic acids is 3. The molecule has 0 N–H and O–H groups in total. The second-order valence-corrected chi connectivity index (χ2v) is 15.5. The van der Waals surface area contributed by atoms with Crippen LogP contribution in [0.2, 0.25) is 0 Å². The lowest BCUT2D eigenvalue weighted by molar-refractivity contribution is -0.167. The molecule has 6 nitrogen and oxygen atoms in total. The van der Waals surface area contributed by atoms with Crippen LogP contribution in [0.1, 0.15) is 181 Å². The summed E-state index contributed by atoms with van der Waals surface area (Å²) in [5.74, 6) is -1.00. The molecule has 0 radical (unpaired) electrons. The van der Waals surface area contributed by atoms with Crippen molar-refractivity contribution in [2.75, 3.05) is 13.2 Å². The molecule has 0 fully saturated rings. The first-order chi connectivity index (χ1) is 30.5. The van der Waals surface area contributed by atoms with Crippen LogP contribution in [0, 0.1) is 0 Å². The highest BCUT2D eigenvalue weighted by atomic mass is 16.6. The number of hydrogen-bond donors (Lipinski definition) is 0. The van der Waals surface area contributed by atoms with Gasteiger partial charge in [0, 0.05) is 19.3 Å². The Balaban J connectivity index is 4.54. The molecule has 0 rings (SSSR count). The normalized spacial score (nSPS) is 13.3. The highest BCUT2D eigenvalue weighted by molar-refractivity contribution is 5.71. The van der Waals surface area contributed by atoms with Gasteiger partial charge in [0.1, 0.15) is 13.2 Å². The second-order valence-electron chi connectivity index (χ2n) is 15.5. The number of carbonyl (C=O) groups is 3. The van der Waals surface area contributed by atoms with E-state index in [2.05, 4.69) is 93.7 Å². The molecular weight excluding hydrogens is 769 g/mol. The topological polar surface area (TPSA) is 78.9 Å². The summed E-state index contributed by atoms with van der Waals surface area (Å²) >= 11 is 0. The van der Waals surface area contributed by atoms with E-state index < -0.39 is 6.10 Å². The lowest BCUT2D eigenvalue weighted by Crippen LogP contribution is -2.30. The standard InChI is InChI=1S/C56H86O6/c1-4-7-10-13-16-19-22-24-26-27-28-30-31-34-37-40-43-46-49-55(58)61-52-53(51-60-54(57)48-45-42-39-36-33-21-18-15-12-9-6-3)62-56(59)50-47-44-41-38-35-32-29-25-23-20-17-14-11-8-5-2/h8,10-11,13-30,33,53H,4-7,9,12,31-32,34-52H2,1-3H3/b11-8-,13-10-,17-14-,18-15-,19-16-,23-20-,24-22-,27-26-,29-25-,30-28-,33-21-. The molecule has 62 heavy (non-hydrogen) atoms. The fourth-order valence-corrected chi connectivity index (χ4v) is 5.93. The maximum atomic E-state index is 12.8. The maximum absolute atomic E-state index is 12.8. The summed E-state index contributed by atoms with van der Waals surface area (Å²) < 4.78 is 16.7. The molecule has 0 aromatic carbocycles. The molecule has 0 saturated heterocycles. The summed E-state index contributed by atoms with van der Waals surface area (Å²) in [6.45, 7) is 6.26. The van der Waals surface area contributed by atoms with Crippen LogP contribution >= 0.6 is 0 Å². The van der Waals surface area contributed by atoms with Crippen LogP contribution in [0.4, 0.5) is 0 Å². The summed E-state index contributed by atoms with van der Waals surface area (Å²) in [7, 11) is 0. The third-order valence-electron chi connectivity index (χ3n) is 9.59. The van der Waals surface area contributed by atoms with E-state index in [9.17, 15) is 14.4 Å². The fraction of sp³-hybridized carbons (Fsp3) is 0.554. The van der Waals surface area contributed by atoms with Crippen molar-refractivity contribution in [3.8, 4) is 0 Å². The van der Waals surface area contributed by atoms with Gasteiger partial charge in [-0.15, -0.1) is 0 Å². The van der Waals surface area contributed by atoms with Crippen LogP contribution in [0.15, 0.2) is 134 Å². The van der Waals surface area contributed by atoms with Crippen molar-refractivity contribution in [1.29, 1.82) is 0 Å². The number of esters is 3. The van der Waals surface area contributed by atoms with Crippen LogP contribution in [0.5, 0.6) is 0 Å². The number of ether oxygens (including phenoxy) is 3. The molecular formula is C56H86O6. The quantitative estimate of drug-likeness (QED) is 0.0264. The Morgan fingerprint density at radius 1 is 0.339 bits per heavy atom. The Morgan fingerprint density at radius 2 is 0.661 bits per heavy atom. The molecule has 0 saturated carbocycles. The third kappa shape index (κ3) is 46.6. The molecule has 346 valence electrons. The van der Waals surface area contributed by atoms with Crippen molar-refractivity contribution < 1.29 is 28.6 Å². The van der Waals surface area contributed by atoms with E-state index in [0.29, 0.717) is 12.8 Å². The molecule has 0 spiro atoms. The maximum Gasteiger partial charge on any atom is 0.306 e. The van der Waals surface area contributed by atoms with E-state index >= 15 is 0 Å². The lowest BCUT2D eigenvalue weighted by atomic mass is 10.1. The number of hydrogen-bond acceptors (Lipinski definition) is 6. The summed E-state index contributed by atoms with van der Waals surface area (Å²) in [5.41, 5.74) is 0. The molecule has 0 aromatic heterocycles. The zero-order chi connectivity index (χ0) is 45.1. The molecule has 1 unspecified atom stereocenters. The van der Waals surface area contributed by atoms with E-state index in [1.165, 1.54) is 19.3 Å². The second kappa shape index (κ2) is 49.2. The minimum Gasteiger partial charge on any atom is -0.462 e. The first-order valence-electron chi connectivity index (χ1n) is 24.3. The van der Waals surface area contributed by atoms with Crippen LogP contribution < -0.4 is 0 Å². The predicted molar refractivity (Wildman–Crippen MR) is 265 cm³/mol. The Labute approximate surface area is 379 Å². The zero-order valence-electron chi connectivity index (χ0n) is 39.3. The van der Waals surface area contributed by atoms with Gasteiger partial charge in [0.15, 0.2) is 6.10 Å². The summed E-state index contributed by atoms with van der Waals surface area (Å²) in [5, 5.41) is 0. The molecule has 0 bridgehead atoms. The minimum absolute atomic E-state index is 0.115. The van der Waals surface area contributed by atoms with Gasteiger partial charge >= 0.3 is 17.9 Å². The van der Waals surface area contributed by atoms with Gasteiger partial charge in [0.2, 0.25) is 0 Å². The highest BCUT2D eigenvalue weighted by Gasteiger charge is 2.19. The number of allylic oxidation sites excluding steroid dienone is 22. The van der Waals surface area contributed by atoms with E-state index in [-0.39, 0.29) is 37.5 Å². The van der Waals surface area contributed by atoms with Gasteiger partial charge in [0.25, 0.3) is 0 Å². The highest BCUT2D eigenvalue weighted by Crippen LogP contribution is 2.12. The van der Waals surface area contributed by atoms with Crippen molar-refractivity contribution in [3.05, 3.63) is 134 Å². The smallest absolute Gasteiger partial charge is 0.306 e. The van der Waals surface area contributed by atoms with Crippen LogP contribution in [-0.2, 0) is 28.6 Å². The van der Waals surface area contributed by atoms with Gasteiger partial charge in [0.05, 0.1) is 0 Å². The van der Waals surface area contributed by atoms with Gasteiger partial charge in [-0.3, -0.25) is 14.4 Å². The van der Waals surface area contributed by atoms with Crippen molar-refractivity contribution in [3.63, 3.8) is 0 Å². The van der Waals surface area contributed by atoms with Crippen LogP contribution in [0.3, 0.4) is 0 Å². The first kappa shape index (κ1) is 57.5. The van der Waals surface area contributed by atoms with E-state index in [4.69, 9.17) is 14.2 Å². The first-order valence-corrected chi connectivity index (χ1v) is 24.3. The Kier molecular flexibility index (Phi) is 45.7. The van der Waals surface area contributed by atoms with Gasteiger partial charge < -0.3 is 14.2 Å². The van der Waals surface area contributed by atoms with E-state index in [1.54, 1.807) is 0 Å². The van der Waals surface area contributed by atoms with Crippen molar-refractivity contribution >= 4 is 17.9 Å². The van der Waals surface area contributed by atoms with Gasteiger partial charge in [-0.25, -0.2) is 0 Å². The van der Waals surface area contributed by atoms with Crippen LogP contribution in [-0.4, -0.2) is 37.2 Å².